The quantitative estimate of drug-likeness (QED) is 0.751. The van der Waals surface area contributed by atoms with Crippen LogP contribution in [0.1, 0.15) is 51.2 Å². The van der Waals surface area contributed by atoms with Gasteiger partial charge in [0.15, 0.2) is 0 Å². The maximum Gasteiger partial charge on any atom is -0.00175 e. The lowest BCUT2D eigenvalue weighted by Crippen LogP contribution is -2.24. The summed E-state index contributed by atoms with van der Waals surface area (Å²) in [4.78, 5) is 0. The van der Waals surface area contributed by atoms with E-state index in [4.69, 9.17) is 0 Å². The van der Waals surface area contributed by atoms with E-state index >= 15 is 0 Å². The summed E-state index contributed by atoms with van der Waals surface area (Å²) < 4.78 is 0. The van der Waals surface area contributed by atoms with Crippen LogP contribution in [0.3, 0.4) is 0 Å². The van der Waals surface area contributed by atoms with Crippen molar-refractivity contribution in [1.29, 1.82) is 0 Å². The molecule has 0 bridgehead atoms. The fourth-order valence-electron chi connectivity index (χ4n) is 2.20. The van der Waals surface area contributed by atoms with Gasteiger partial charge in [0.2, 0.25) is 0 Å². The molecular formula is C16H27N. The molecule has 0 fully saturated rings. The van der Waals surface area contributed by atoms with Crippen LogP contribution in [0.4, 0.5) is 0 Å². The van der Waals surface area contributed by atoms with Crippen LogP contribution in [0.15, 0.2) is 24.3 Å². The molecular weight excluding hydrogens is 206 g/mol. The van der Waals surface area contributed by atoms with Gasteiger partial charge < -0.3 is 5.32 Å². The van der Waals surface area contributed by atoms with Crippen LogP contribution in [-0.2, 0) is 6.42 Å². The van der Waals surface area contributed by atoms with E-state index in [-0.39, 0.29) is 0 Å². The standard InChI is InChI=1S/C16H27N/c1-5-8-15-9-7-10-16(11-15)14(4)13(3)12-17-6-2/h7,9-11,13-14,17H,5-6,8,12H2,1-4H3. The van der Waals surface area contributed by atoms with E-state index < -0.39 is 0 Å². The summed E-state index contributed by atoms with van der Waals surface area (Å²) in [6, 6.07) is 9.11. The lowest BCUT2D eigenvalue weighted by atomic mass is 9.87. The summed E-state index contributed by atoms with van der Waals surface area (Å²) in [7, 11) is 0. The van der Waals surface area contributed by atoms with Crippen LogP contribution in [0.25, 0.3) is 0 Å². The van der Waals surface area contributed by atoms with Crippen molar-refractivity contribution in [3.63, 3.8) is 0 Å². The molecule has 0 aromatic heterocycles. The predicted octanol–water partition coefficient (Wildman–Crippen LogP) is 3.99. The highest BCUT2D eigenvalue weighted by atomic mass is 14.8. The highest BCUT2D eigenvalue weighted by Gasteiger charge is 2.13. The van der Waals surface area contributed by atoms with Gasteiger partial charge in [-0.1, -0.05) is 58.4 Å². The number of hydrogen-bond acceptors (Lipinski definition) is 1. The SMILES string of the molecule is CCCc1cccc(C(C)C(C)CNCC)c1. The molecule has 1 N–H and O–H groups in total. The Kier molecular flexibility index (Phi) is 6.28. The molecule has 1 heteroatoms. The van der Waals surface area contributed by atoms with Crippen LogP contribution >= 0.6 is 0 Å². The molecule has 0 aliphatic rings. The van der Waals surface area contributed by atoms with Gasteiger partial charge in [-0.2, -0.15) is 0 Å². The van der Waals surface area contributed by atoms with E-state index in [1.165, 1.54) is 24.0 Å². The summed E-state index contributed by atoms with van der Waals surface area (Å²) in [5.74, 6) is 1.32. The molecule has 0 amide bonds. The third kappa shape index (κ3) is 4.51. The van der Waals surface area contributed by atoms with Crippen molar-refractivity contribution < 1.29 is 0 Å². The van der Waals surface area contributed by atoms with E-state index in [2.05, 4.69) is 57.3 Å². The minimum absolute atomic E-state index is 0.630. The molecule has 0 saturated heterocycles. The van der Waals surface area contributed by atoms with Gasteiger partial charge in [-0.15, -0.1) is 0 Å². The predicted molar refractivity (Wildman–Crippen MR) is 76.6 cm³/mol. The lowest BCUT2D eigenvalue weighted by Gasteiger charge is -2.21. The Bertz CT molecular complexity index is 319. The Morgan fingerprint density at radius 3 is 2.59 bits per heavy atom. The zero-order chi connectivity index (χ0) is 12.7. The van der Waals surface area contributed by atoms with Crippen LogP contribution in [0.5, 0.6) is 0 Å². The number of nitrogens with one attached hydrogen (secondary N) is 1. The monoisotopic (exact) mass is 233 g/mol. The molecule has 1 rings (SSSR count). The van der Waals surface area contributed by atoms with Gasteiger partial charge in [0, 0.05) is 0 Å². The topological polar surface area (TPSA) is 12.0 Å². The third-order valence-corrected chi connectivity index (χ3v) is 3.59. The Morgan fingerprint density at radius 1 is 1.18 bits per heavy atom. The Labute approximate surface area is 107 Å². The normalized spacial score (nSPS) is 14.6. The second-order valence-electron chi connectivity index (χ2n) is 5.07. The molecule has 0 saturated carbocycles. The maximum atomic E-state index is 3.44. The zero-order valence-corrected chi connectivity index (χ0v) is 11.8. The third-order valence-electron chi connectivity index (χ3n) is 3.59. The van der Waals surface area contributed by atoms with E-state index in [0.717, 1.165) is 13.1 Å². The second kappa shape index (κ2) is 7.50. The summed E-state index contributed by atoms with van der Waals surface area (Å²) in [5, 5.41) is 3.44. The molecule has 17 heavy (non-hydrogen) atoms. The summed E-state index contributed by atoms with van der Waals surface area (Å²) in [6.45, 7) is 11.2. The molecule has 1 nitrogen and oxygen atoms in total. The number of aryl methyl sites for hydroxylation is 1. The van der Waals surface area contributed by atoms with Gasteiger partial charge in [-0.05, 0) is 42.5 Å². The van der Waals surface area contributed by atoms with Crippen molar-refractivity contribution >= 4 is 0 Å². The van der Waals surface area contributed by atoms with Crippen LogP contribution in [-0.4, -0.2) is 13.1 Å². The molecule has 0 heterocycles. The van der Waals surface area contributed by atoms with Crippen molar-refractivity contribution in [3.8, 4) is 0 Å². The maximum absolute atomic E-state index is 3.44. The van der Waals surface area contributed by atoms with E-state index in [1.54, 1.807) is 0 Å². The Balaban J connectivity index is 2.66. The van der Waals surface area contributed by atoms with Gasteiger partial charge in [0.25, 0.3) is 0 Å². The zero-order valence-electron chi connectivity index (χ0n) is 11.8. The first-order valence-electron chi connectivity index (χ1n) is 6.98. The molecule has 0 spiro atoms. The van der Waals surface area contributed by atoms with E-state index in [0.29, 0.717) is 11.8 Å². The highest BCUT2D eigenvalue weighted by molar-refractivity contribution is 5.26. The summed E-state index contributed by atoms with van der Waals surface area (Å²) in [6.07, 6.45) is 2.42. The van der Waals surface area contributed by atoms with E-state index in [1.807, 2.05) is 0 Å². The Hall–Kier alpha value is -0.820. The van der Waals surface area contributed by atoms with E-state index in [9.17, 15) is 0 Å². The number of rotatable bonds is 7. The molecule has 0 aliphatic carbocycles. The first-order valence-corrected chi connectivity index (χ1v) is 6.98. The first kappa shape index (κ1) is 14.2. The largest absolute Gasteiger partial charge is 0.317 e. The smallest absolute Gasteiger partial charge is 0.00175 e. The fourth-order valence-corrected chi connectivity index (χ4v) is 2.20. The van der Waals surface area contributed by atoms with Crippen LogP contribution in [0, 0.1) is 5.92 Å². The number of hydrogen-bond donors (Lipinski definition) is 1. The molecule has 1 aromatic carbocycles. The van der Waals surface area contributed by atoms with Gasteiger partial charge in [0.1, 0.15) is 0 Å². The first-order chi connectivity index (χ1) is 8.19. The van der Waals surface area contributed by atoms with Gasteiger partial charge in [-0.25, -0.2) is 0 Å². The van der Waals surface area contributed by atoms with Crippen molar-refractivity contribution in [2.24, 2.45) is 5.92 Å². The summed E-state index contributed by atoms with van der Waals surface area (Å²) >= 11 is 0. The van der Waals surface area contributed by atoms with Crippen molar-refractivity contribution in [3.05, 3.63) is 35.4 Å². The molecule has 96 valence electrons. The van der Waals surface area contributed by atoms with Crippen molar-refractivity contribution in [1.82, 2.24) is 5.32 Å². The summed E-state index contributed by atoms with van der Waals surface area (Å²) in [5.41, 5.74) is 2.97. The van der Waals surface area contributed by atoms with Crippen molar-refractivity contribution in [2.45, 2.75) is 46.5 Å². The van der Waals surface area contributed by atoms with Crippen LogP contribution in [0.2, 0.25) is 0 Å². The molecule has 2 unspecified atom stereocenters. The second-order valence-corrected chi connectivity index (χ2v) is 5.07. The average Bonchev–Trinajstić information content (AvgIpc) is 2.35. The minimum Gasteiger partial charge on any atom is -0.317 e. The van der Waals surface area contributed by atoms with Crippen LogP contribution < -0.4 is 5.32 Å². The van der Waals surface area contributed by atoms with Gasteiger partial charge in [0.05, 0.1) is 0 Å². The molecule has 0 radical (unpaired) electrons. The van der Waals surface area contributed by atoms with Crippen molar-refractivity contribution in [2.75, 3.05) is 13.1 Å². The highest BCUT2D eigenvalue weighted by Crippen LogP contribution is 2.24. The Morgan fingerprint density at radius 2 is 1.94 bits per heavy atom. The fraction of sp³-hybridized carbons (Fsp3) is 0.625. The lowest BCUT2D eigenvalue weighted by molar-refractivity contribution is 0.453. The molecule has 2 atom stereocenters. The average molecular weight is 233 g/mol. The minimum atomic E-state index is 0.630. The molecule has 0 aliphatic heterocycles. The number of benzene rings is 1. The van der Waals surface area contributed by atoms with Gasteiger partial charge in [-0.3, -0.25) is 0 Å². The molecule has 1 aromatic rings. The van der Waals surface area contributed by atoms with Gasteiger partial charge >= 0.3 is 0 Å².